The Morgan fingerprint density at radius 3 is 2.45 bits per heavy atom. The van der Waals surface area contributed by atoms with Crippen LogP contribution in [-0.4, -0.2) is 44.2 Å². The van der Waals surface area contributed by atoms with Crippen LogP contribution in [0.25, 0.3) is 11.3 Å². The van der Waals surface area contributed by atoms with Gasteiger partial charge in [-0.1, -0.05) is 38.3 Å². The first kappa shape index (κ1) is 21.7. The summed E-state index contributed by atoms with van der Waals surface area (Å²) in [7, 11) is 0. The van der Waals surface area contributed by atoms with Gasteiger partial charge < -0.3 is 10.0 Å². The normalized spacial score (nSPS) is 20.4. The van der Waals surface area contributed by atoms with Gasteiger partial charge in [-0.25, -0.2) is 9.37 Å². The highest BCUT2D eigenvalue weighted by atomic mass is 19.1. The fourth-order valence-corrected chi connectivity index (χ4v) is 4.89. The summed E-state index contributed by atoms with van der Waals surface area (Å²) in [6.45, 7) is 3.15. The maximum absolute atomic E-state index is 14.0. The number of amides is 1. The lowest BCUT2D eigenvalue weighted by atomic mass is 9.74. The van der Waals surface area contributed by atoms with Crippen molar-refractivity contribution in [1.29, 1.82) is 0 Å². The zero-order valence-corrected chi connectivity index (χ0v) is 18.0. The minimum Gasteiger partial charge on any atom is -0.388 e. The fraction of sp³-hybridized carbons (Fsp3) is 0.542. The second-order valence-electron chi connectivity index (χ2n) is 9.36. The number of aromatic nitrogens is 2. The van der Waals surface area contributed by atoms with Crippen LogP contribution >= 0.6 is 0 Å². The molecule has 2 heterocycles. The van der Waals surface area contributed by atoms with Crippen LogP contribution in [-0.2, 0) is 11.3 Å². The highest BCUT2D eigenvalue weighted by Crippen LogP contribution is 2.38. The summed E-state index contributed by atoms with van der Waals surface area (Å²) in [5, 5.41) is 11.1. The van der Waals surface area contributed by atoms with Crippen LogP contribution in [0.3, 0.4) is 0 Å². The van der Waals surface area contributed by atoms with Crippen molar-refractivity contribution >= 4 is 5.91 Å². The lowest BCUT2D eigenvalue weighted by Crippen LogP contribution is -2.53. The van der Waals surface area contributed by atoms with E-state index in [2.05, 4.69) is 11.9 Å². The van der Waals surface area contributed by atoms with Gasteiger partial charge in [0.05, 0.1) is 24.2 Å². The van der Waals surface area contributed by atoms with E-state index in [4.69, 9.17) is 0 Å². The molecule has 1 aromatic carbocycles. The van der Waals surface area contributed by atoms with E-state index in [0.29, 0.717) is 25.9 Å². The molecule has 1 saturated heterocycles. The van der Waals surface area contributed by atoms with Crippen LogP contribution < -0.4 is 5.56 Å². The lowest BCUT2D eigenvalue weighted by Gasteiger charge is -2.43. The lowest BCUT2D eigenvalue weighted by molar-refractivity contribution is -0.147. The Kier molecular flexibility index (Phi) is 5.97. The van der Waals surface area contributed by atoms with Crippen molar-refractivity contribution in [3.8, 4) is 11.3 Å². The molecule has 6 nitrogen and oxygen atoms in total. The van der Waals surface area contributed by atoms with Crippen molar-refractivity contribution in [2.24, 2.45) is 5.41 Å². The predicted octanol–water partition coefficient (Wildman–Crippen LogP) is 3.37. The average Bonchev–Trinajstić information content (AvgIpc) is 2.76. The molecular formula is C24H30FN3O3. The number of hydrogen-bond acceptors (Lipinski definition) is 4. The standard InChI is InChI=1S/C24H30FN3O3/c1-23(9-5-2-6-10-23)22(30)27-13-11-24(31,12-14-27)16-28-17-26-20(15-21(28)29)18-7-3-4-8-19(18)25/h3-4,7-8,15,17,31H,2,5-6,9-14,16H2,1H3. The van der Waals surface area contributed by atoms with Crippen LogP contribution in [0.1, 0.15) is 51.9 Å². The second-order valence-corrected chi connectivity index (χ2v) is 9.36. The molecule has 4 rings (SSSR count). The Bertz CT molecular complexity index is 1010. The van der Waals surface area contributed by atoms with Gasteiger partial charge in [-0.15, -0.1) is 0 Å². The molecule has 1 aliphatic heterocycles. The molecule has 1 N–H and O–H groups in total. The highest BCUT2D eigenvalue weighted by Gasteiger charge is 2.41. The molecule has 7 heteroatoms. The molecule has 0 bridgehead atoms. The minimum absolute atomic E-state index is 0.107. The van der Waals surface area contributed by atoms with Crippen LogP contribution in [0.2, 0.25) is 0 Å². The van der Waals surface area contributed by atoms with Gasteiger partial charge in [0.25, 0.3) is 5.56 Å². The predicted molar refractivity (Wildman–Crippen MR) is 116 cm³/mol. The molecule has 31 heavy (non-hydrogen) atoms. The Labute approximate surface area is 181 Å². The summed E-state index contributed by atoms with van der Waals surface area (Å²) in [4.78, 5) is 31.7. The first-order valence-corrected chi connectivity index (χ1v) is 11.1. The topological polar surface area (TPSA) is 75.4 Å². The third-order valence-electron chi connectivity index (χ3n) is 6.95. The van der Waals surface area contributed by atoms with Crippen molar-refractivity contribution < 1.29 is 14.3 Å². The molecule has 1 aromatic heterocycles. The monoisotopic (exact) mass is 427 g/mol. The largest absolute Gasteiger partial charge is 0.388 e. The summed E-state index contributed by atoms with van der Waals surface area (Å²) in [5.41, 5.74) is -1.15. The number of rotatable bonds is 4. The first-order valence-electron chi connectivity index (χ1n) is 11.1. The maximum Gasteiger partial charge on any atom is 0.253 e. The Balaban J connectivity index is 1.42. The van der Waals surface area contributed by atoms with E-state index in [-0.39, 0.29) is 34.7 Å². The molecule has 0 unspecified atom stereocenters. The van der Waals surface area contributed by atoms with Gasteiger partial charge >= 0.3 is 0 Å². The zero-order chi connectivity index (χ0) is 22.1. The molecule has 0 atom stereocenters. The number of piperidine rings is 1. The van der Waals surface area contributed by atoms with Gasteiger partial charge in [0, 0.05) is 30.1 Å². The number of likely N-dealkylation sites (tertiary alicyclic amines) is 1. The summed E-state index contributed by atoms with van der Waals surface area (Å²) in [5.74, 6) is -0.239. The zero-order valence-electron chi connectivity index (χ0n) is 18.0. The molecule has 1 amide bonds. The molecule has 1 aliphatic carbocycles. The number of aliphatic hydroxyl groups is 1. The third-order valence-corrected chi connectivity index (χ3v) is 6.95. The van der Waals surface area contributed by atoms with E-state index in [1.807, 2.05) is 4.90 Å². The Hall–Kier alpha value is -2.54. The van der Waals surface area contributed by atoms with Crippen molar-refractivity contribution in [3.05, 3.63) is 52.8 Å². The fourth-order valence-electron chi connectivity index (χ4n) is 4.89. The van der Waals surface area contributed by atoms with Gasteiger partial charge in [-0.2, -0.15) is 0 Å². The highest BCUT2D eigenvalue weighted by molar-refractivity contribution is 5.82. The quantitative estimate of drug-likeness (QED) is 0.812. The number of hydrogen-bond donors (Lipinski definition) is 1. The molecule has 2 fully saturated rings. The van der Waals surface area contributed by atoms with E-state index < -0.39 is 11.4 Å². The summed E-state index contributed by atoms with van der Waals surface area (Å²) in [6, 6.07) is 7.48. The summed E-state index contributed by atoms with van der Waals surface area (Å²) in [6.07, 6.45) is 7.44. The van der Waals surface area contributed by atoms with Crippen molar-refractivity contribution in [1.82, 2.24) is 14.5 Å². The average molecular weight is 428 g/mol. The van der Waals surface area contributed by atoms with Gasteiger partial charge in [-0.05, 0) is 37.8 Å². The minimum atomic E-state index is -1.07. The van der Waals surface area contributed by atoms with E-state index in [0.717, 1.165) is 25.7 Å². The van der Waals surface area contributed by atoms with Gasteiger partial charge in [-0.3, -0.25) is 14.2 Å². The summed E-state index contributed by atoms with van der Waals surface area (Å²) < 4.78 is 15.3. The van der Waals surface area contributed by atoms with Crippen molar-refractivity contribution in [2.45, 2.75) is 64.0 Å². The van der Waals surface area contributed by atoms with E-state index in [1.54, 1.807) is 18.2 Å². The second kappa shape index (κ2) is 8.54. The van der Waals surface area contributed by atoms with E-state index in [1.165, 1.54) is 29.4 Å². The number of benzene rings is 1. The van der Waals surface area contributed by atoms with Crippen LogP contribution in [0.4, 0.5) is 4.39 Å². The van der Waals surface area contributed by atoms with Gasteiger partial charge in [0.1, 0.15) is 5.82 Å². The molecule has 1 saturated carbocycles. The van der Waals surface area contributed by atoms with Crippen molar-refractivity contribution in [2.75, 3.05) is 13.1 Å². The molecule has 166 valence electrons. The first-order chi connectivity index (χ1) is 14.8. The number of carbonyl (C=O) groups excluding carboxylic acids is 1. The molecule has 0 spiro atoms. The van der Waals surface area contributed by atoms with E-state index >= 15 is 0 Å². The van der Waals surface area contributed by atoms with Gasteiger partial charge in [0.2, 0.25) is 5.91 Å². The van der Waals surface area contributed by atoms with Crippen LogP contribution in [0.15, 0.2) is 41.5 Å². The third kappa shape index (κ3) is 4.56. The number of carbonyl (C=O) groups is 1. The molecule has 0 radical (unpaired) electrons. The van der Waals surface area contributed by atoms with Crippen LogP contribution in [0, 0.1) is 11.2 Å². The Morgan fingerprint density at radius 1 is 1.13 bits per heavy atom. The molecule has 2 aliphatic rings. The van der Waals surface area contributed by atoms with Crippen molar-refractivity contribution in [3.63, 3.8) is 0 Å². The van der Waals surface area contributed by atoms with E-state index in [9.17, 15) is 19.1 Å². The van der Waals surface area contributed by atoms with Gasteiger partial charge in [0.15, 0.2) is 0 Å². The molecular weight excluding hydrogens is 397 g/mol. The number of nitrogens with zero attached hydrogens (tertiary/aromatic N) is 3. The molecule has 2 aromatic rings. The van der Waals surface area contributed by atoms with Crippen LogP contribution in [0.5, 0.6) is 0 Å². The smallest absolute Gasteiger partial charge is 0.253 e. The number of halogens is 1. The summed E-state index contributed by atoms with van der Waals surface area (Å²) >= 11 is 0. The SMILES string of the molecule is CC1(C(=O)N2CCC(O)(Cn3cnc(-c4ccccc4F)cc3=O)CC2)CCCCC1. The Morgan fingerprint density at radius 2 is 1.81 bits per heavy atom. The maximum atomic E-state index is 14.0.